The van der Waals surface area contributed by atoms with Crippen LogP contribution in [0.5, 0.6) is 23.0 Å². The van der Waals surface area contributed by atoms with Crippen LogP contribution in [0.3, 0.4) is 0 Å². The normalized spacial score (nSPS) is 14.7. The van der Waals surface area contributed by atoms with Crippen molar-refractivity contribution < 1.29 is 28.9 Å². The van der Waals surface area contributed by atoms with Crippen molar-refractivity contribution in [1.29, 1.82) is 0 Å². The van der Waals surface area contributed by atoms with Gasteiger partial charge < -0.3 is 24.2 Å². The van der Waals surface area contributed by atoms with Gasteiger partial charge in [0.1, 0.15) is 16.9 Å². The van der Waals surface area contributed by atoms with Gasteiger partial charge in [-0.15, -0.1) is 0 Å². The second kappa shape index (κ2) is 9.82. The molecule has 1 unspecified atom stereocenters. The van der Waals surface area contributed by atoms with Gasteiger partial charge in [0.05, 0.1) is 25.8 Å². The van der Waals surface area contributed by atoms with Crippen LogP contribution >= 0.6 is 0 Å². The monoisotopic (exact) mass is 478 g/mol. The van der Waals surface area contributed by atoms with E-state index in [0.29, 0.717) is 47.9 Å². The maximum absolute atomic E-state index is 13.1. The number of ether oxygens (including phenoxy) is 3. The Bertz CT molecular complexity index is 1240. The first-order chi connectivity index (χ1) is 16.8. The fourth-order valence-corrected chi connectivity index (χ4v) is 4.29. The summed E-state index contributed by atoms with van der Waals surface area (Å²) in [6.45, 7) is 4.41. The summed E-state index contributed by atoms with van der Waals surface area (Å²) >= 11 is 0. The highest BCUT2D eigenvalue weighted by molar-refractivity contribution is 6.05. The molecular weight excluding hydrogens is 448 g/mol. The lowest BCUT2D eigenvalue weighted by atomic mass is 10.0. The van der Waals surface area contributed by atoms with Gasteiger partial charge in [0.15, 0.2) is 11.5 Å². The molecule has 1 N–H and O–H groups in total. The quantitative estimate of drug-likeness (QED) is 0.400. The number of carbonyl (C=O) groups excluding carboxylic acids is 1. The van der Waals surface area contributed by atoms with Crippen LogP contribution < -0.4 is 14.2 Å². The Kier molecular flexibility index (Phi) is 6.82. The topological polar surface area (TPSA) is 98.2 Å². The first kappa shape index (κ1) is 24.3. The van der Waals surface area contributed by atoms with Crippen LogP contribution in [0.25, 0.3) is 10.9 Å². The molecule has 0 bridgehead atoms. The van der Waals surface area contributed by atoms with Gasteiger partial charge in [0.25, 0.3) is 0 Å². The van der Waals surface area contributed by atoms with E-state index in [-0.39, 0.29) is 11.9 Å². The molecule has 1 aliphatic rings. The average molecular weight is 479 g/mol. The van der Waals surface area contributed by atoms with Gasteiger partial charge in [-0.1, -0.05) is 19.1 Å². The summed E-state index contributed by atoms with van der Waals surface area (Å²) in [5.74, 6) is 1.09. The van der Waals surface area contributed by atoms with E-state index in [2.05, 4.69) is 4.98 Å². The van der Waals surface area contributed by atoms with Crippen molar-refractivity contribution in [1.82, 2.24) is 9.88 Å². The molecule has 1 atom stereocenters. The number of hydrogen-bond donors (Lipinski definition) is 1. The average Bonchev–Trinajstić information content (AvgIpc) is 3.69. The largest absolute Gasteiger partial charge is 0.493 e. The maximum atomic E-state index is 13.1. The zero-order valence-electron chi connectivity index (χ0n) is 20.4. The lowest BCUT2D eigenvalue weighted by molar-refractivity contribution is -0.154. The van der Waals surface area contributed by atoms with Crippen molar-refractivity contribution >= 4 is 22.8 Å². The molecule has 1 fully saturated rings. The lowest BCUT2D eigenvalue weighted by Crippen LogP contribution is -2.42. The number of amides is 1. The summed E-state index contributed by atoms with van der Waals surface area (Å²) in [6.07, 6.45) is 3.22. The van der Waals surface area contributed by atoms with E-state index in [0.717, 1.165) is 17.4 Å². The third-order valence-corrected chi connectivity index (χ3v) is 6.56. The van der Waals surface area contributed by atoms with Gasteiger partial charge in [-0.25, -0.2) is 0 Å². The Morgan fingerprint density at radius 3 is 2.29 bits per heavy atom. The summed E-state index contributed by atoms with van der Waals surface area (Å²) in [6, 6.07) is 12.7. The third-order valence-electron chi connectivity index (χ3n) is 6.56. The van der Waals surface area contributed by atoms with E-state index < -0.39 is 11.4 Å². The number of methoxy groups -OCH3 is 2. The molecule has 8 nitrogen and oxygen atoms in total. The number of rotatable bonds is 10. The van der Waals surface area contributed by atoms with E-state index in [9.17, 15) is 14.7 Å². The first-order valence-electron chi connectivity index (χ1n) is 11.7. The molecule has 35 heavy (non-hydrogen) atoms. The fourth-order valence-electron chi connectivity index (χ4n) is 4.29. The molecule has 1 aromatic heterocycles. The molecule has 1 amide bonds. The lowest BCUT2D eigenvalue weighted by Gasteiger charge is -2.31. The Balaban J connectivity index is 1.56. The number of benzene rings is 2. The molecule has 0 spiro atoms. The minimum absolute atomic E-state index is 0.258. The zero-order chi connectivity index (χ0) is 25.2. The highest BCUT2D eigenvalue weighted by Crippen LogP contribution is 2.48. The molecule has 1 saturated carbocycles. The van der Waals surface area contributed by atoms with Crippen LogP contribution in [0, 0.1) is 5.41 Å². The van der Waals surface area contributed by atoms with E-state index >= 15 is 0 Å². The van der Waals surface area contributed by atoms with Gasteiger partial charge in [0.2, 0.25) is 5.91 Å². The Morgan fingerprint density at radius 2 is 1.71 bits per heavy atom. The summed E-state index contributed by atoms with van der Waals surface area (Å²) < 4.78 is 16.9. The Morgan fingerprint density at radius 1 is 1.06 bits per heavy atom. The van der Waals surface area contributed by atoms with Crippen LogP contribution in [-0.4, -0.2) is 47.6 Å². The standard InChI is InChI=1S/C27H30N2O6/c1-5-14-29(25(30)27(11-12-27)26(31)32)17(2)18-6-8-19(9-7-18)35-22-10-13-28-21-16-24(34-4)23(33-3)15-20(21)22/h6-10,13,15-17H,5,11-12,14H2,1-4H3,(H,31,32). The van der Waals surface area contributed by atoms with Gasteiger partial charge in [-0.05, 0) is 56.0 Å². The second-order valence-corrected chi connectivity index (χ2v) is 8.77. The summed E-state index contributed by atoms with van der Waals surface area (Å²) in [5, 5.41) is 10.4. The second-order valence-electron chi connectivity index (χ2n) is 8.77. The van der Waals surface area contributed by atoms with E-state index in [1.165, 1.54) is 0 Å². The molecule has 1 heterocycles. The van der Waals surface area contributed by atoms with Gasteiger partial charge in [0, 0.05) is 24.2 Å². The van der Waals surface area contributed by atoms with Crippen molar-refractivity contribution in [2.75, 3.05) is 20.8 Å². The van der Waals surface area contributed by atoms with Gasteiger partial charge >= 0.3 is 5.97 Å². The number of pyridine rings is 1. The Labute approximate surface area is 204 Å². The summed E-state index contributed by atoms with van der Waals surface area (Å²) in [7, 11) is 3.16. The molecule has 0 aliphatic heterocycles. The fraction of sp³-hybridized carbons (Fsp3) is 0.370. The molecular formula is C27H30N2O6. The van der Waals surface area contributed by atoms with E-state index in [1.807, 2.05) is 44.2 Å². The van der Waals surface area contributed by atoms with E-state index in [1.54, 1.807) is 37.4 Å². The summed E-state index contributed by atoms with van der Waals surface area (Å²) in [4.78, 5) is 30.9. The highest BCUT2D eigenvalue weighted by atomic mass is 16.5. The number of fused-ring (bicyclic) bond motifs is 1. The predicted molar refractivity (Wildman–Crippen MR) is 131 cm³/mol. The number of carboxylic acids is 1. The minimum atomic E-state index is -1.25. The minimum Gasteiger partial charge on any atom is -0.493 e. The van der Waals surface area contributed by atoms with Crippen LogP contribution in [0.1, 0.15) is 44.7 Å². The van der Waals surface area contributed by atoms with Crippen molar-refractivity contribution in [3.63, 3.8) is 0 Å². The van der Waals surface area contributed by atoms with Crippen molar-refractivity contribution in [2.45, 2.75) is 39.2 Å². The number of carboxylic acid groups (broad SMARTS) is 1. The van der Waals surface area contributed by atoms with Crippen LogP contribution in [-0.2, 0) is 9.59 Å². The number of hydrogen-bond acceptors (Lipinski definition) is 6. The number of aromatic nitrogens is 1. The predicted octanol–water partition coefficient (Wildman–Crippen LogP) is 5.21. The number of carbonyl (C=O) groups is 2. The Hall–Kier alpha value is -3.81. The van der Waals surface area contributed by atoms with Gasteiger partial charge in [-0.3, -0.25) is 14.6 Å². The molecule has 8 heteroatoms. The summed E-state index contributed by atoms with van der Waals surface area (Å²) in [5.41, 5.74) is 0.372. The zero-order valence-corrected chi connectivity index (χ0v) is 20.4. The van der Waals surface area contributed by atoms with Crippen molar-refractivity contribution in [3.05, 3.63) is 54.2 Å². The van der Waals surface area contributed by atoms with Gasteiger partial charge in [-0.2, -0.15) is 0 Å². The van der Waals surface area contributed by atoms with Crippen molar-refractivity contribution in [3.8, 4) is 23.0 Å². The van der Waals surface area contributed by atoms with E-state index in [4.69, 9.17) is 14.2 Å². The molecule has 0 saturated heterocycles. The third kappa shape index (κ3) is 4.60. The maximum Gasteiger partial charge on any atom is 0.319 e. The molecule has 3 aromatic rings. The molecule has 4 rings (SSSR count). The van der Waals surface area contributed by atoms with Crippen LogP contribution in [0.15, 0.2) is 48.7 Å². The number of aliphatic carboxylic acids is 1. The molecule has 2 aromatic carbocycles. The number of nitrogens with zero attached hydrogens (tertiary/aromatic N) is 2. The first-order valence-corrected chi connectivity index (χ1v) is 11.7. The SMILES string of the molecule is CCCN(C(=O)C1(C(=O)O)CC1)C(C)c1ccc(Oc2ccnc3cc(OC)c(OC)cc23)cc1. The smallest absolute Gasteiger partial charge is 0.319 e. The van der Waals surface area contributed by atoms with Crippen LogP contribution in [0.4, 0.5) is 0 Å². The molecule has 1 aliphatic carbocycles. The van der Waals surface area contributed by atoms with Crippen LogP contribution in [0.2, 0.25) is 0 Å². The van der Waals surface area contributed by atoms with Crippen molar-refractivity contribution in [2.24, 2.45) is 5.41 Å². The molecule has 0 radical (unpaired) electrons. The molecule has 184 valence electrons. The highest BCUT2D eigenvalue weighted by Gasteiger charge is 2.59.